The third-order valence-corrected chi connectivity index (χ3v) is 14.6. The van der Waals surface area contributed by atoms with Gasteiger partial charge in [-0.1, -0.05) is 148 Å². The van der Waals surface area contributed by atoms with E-state index in [2.05, 4.69) is 164 Å². The van der Waals surface area contributed by atoms with Gasteiger partial charge in [0.15, 0.2) is 0 Å². The maximum Gasteiger partial charge on any atom is 0.275 e. The Bertz CT molecular complexity index is 2490. The Morgan fingerprint density at radius 1 is 0.426 bits per heavy atom. The van der Waals surface area contributed by atoms with Crippen molar-refractivity contribution in [2.75, 3.05) is 0 Å². The average Bonchev–Trinajstić information content (AvgIpc) is 3.25. The van der Waals surface area contributed by atoms with Crippen LogP contribution in [0, 0.1) is 13.8 Å². The summed E-state index contributed by atoms with van der Waals surface area (Å²) in [5.74, 6) is 4.05. The van der Waals surface area contributed by atoms with Crippen LogP contribution in [-0.4, -0.2) is 5.60 Å². The minimum Gasteiger partial charge on any atom is -0.488 e. The topological polar surface area (TPSA) is 46.2 Å². The molecule has 6 aromatic carbocycles. The Morgan fingerprint density at radius 3 is 1.30 bits per heavy atom. The molecule has 0 fully saturated rings. The van der Waals surface area contributed by atoms with Crippen molar-refractivity contribution in [3.05, 3.63) is 125 Å². The Kier molecular flexibility index (Phi) is 14.1. The van der Waals surface area contributed by atoms with E-state index in [1.54, 1.807) is 0 Å². The van der Waals surface area contributed by atoms with Crippen molar-refractivity contribution in [1.29, 1.82) is 0 Å². The fourth-order valence-corrected chi connectivity index (χ4v) is 9.05. The molecule has 0 radical (unpaired) electrons. The minimum absolute atomic E-state index is 0.129. The van der Waals surface area contributed by atoms with E-state index in [-0.39, 0.29) is 34.3 Å². The van der Waals surface area contributed by atoms with Crippen LogP contribution in [0.4, 0.5) is 0 Å². The van der Waals surface area contributed by atoms with E-state index >= 15 is 0 Å². The Labute approximate surface area is 370 Å². The first-order chi connectivity index (χ1) is 28.9. The normalized spacial score (nSPS) is 12.9. The smallest absolute Gasteiger partial charge is 0.275 e. The molecule has 6 rings (SSSR count). The Hall–Kier alpha value is -4.30. The van der Waals surface area contributed by atoms with Crippen molar-refractivity contribution in [3.63, 3.8) is 0 Å². The van der Waals surface area contributed by atoms with Crippen molar-refractivity contribution in [1.82, 2.24) is 0 Å². The SMILES string of the molecule is CCC(C)(C)Oc1cc(C(C)(C)CC)c(OPOc2cccc3ccccc23)c(-c2c(C)c(C(C)(C)CC)cc(C(C)(C)CC)c2OPOc2cccc3ccccc23)c1C. The minimum atomic E-state index is -0.402. The summed E-state index contributed by atoms with van der Waals surface area (Å²) in [6, 6.07) is 33.6. The number of hydrogen-bond donors (Lipinski definition) is 0. The largest absolute Gasteiger partial charge is 0.488 e. The maximum atomic E-state index is 7.17. The standard InChI is InChI=1S/C54H68O5P2/c1-15-51(7,8)41-33-42(52(9,10)16-2)49(58-60-56-44-31-23-27-37-25-19-21-29-39(37)44)47(35(41)5)48-36(6)46(55-54(13,14)18-4)34-43(53(11,12)17-3)50(48)59-61-57-45-32-24-28-38-26-20-22-30-40(38)45/h19-34,60-61H,15-18H2,1-14H3. The second-order valence-corrected chi connectivity index (χ2v) is 20.2. The lowest BCUT2D eigenvalue weighted by atomic mass is 9.71. The Morgan fingerprint density at radius 2 is 0.836 bits per heavy atom. The predicted octanol–water partition coefficient (Wildman–Crippen LogP) is 16.8. The van der Waals surface area contributed by atoms with Gasteiger partial charge in [0.05, 0.1) is 0 Å². The van der Waals surface area contributed by atoms with E-state index in [0.717, 1.165) is 109 Å². The van der Waals surface area contributed by atoms with E-state index < -0.39 is 5.60 Å². The molecule has 0 aliphatic heterocycles. The quantitative estimate of drug-likeness (QED) is 0.0806. The van der Waals surface area contributed by atoms with Gasteiger partial charge in [-0.3, -0.25) is 0 Å². The molecule has 0 saturated carbocycles. The second kappa shape index (κ2) is 18.6. The molecule has 2 atom stereocenters. The van der Waals surface area contributed by atoms with Crippen molar-refractivity contribution in [2.24, 2.45) is 0 Å². The fourth-order valence-electron chi connectivity index (χ4n) is 7.84. The van der Waals surface area contributed by atoms with Crippen LogP contribution in [0.5, 0.6) is 28.7 Å². The lowest BCUT2D eigenvalue weighted by molar-refractivity contribution is 0.104. The molecule has 5 nitrogen and oxygen atoms in total. The molecule has 324 valence electrons. The van der Waals surface area contributed by atoms with Crippen molar-refractivity contribution < 1.29 is 22.8 Å². The first kappa shape index (κ1) is 46.2. The summed E-state index contributed by atoms with van der Waals surface area (Å²) in [7, 11) is -0.620. The van der Waals surface area contributed by atoms with Gasteiger partial charge in [0.2, 0.25) is 0 Å². The van der Waals surface area contributed by atoms with Crippen LogP contribution >= 0.6 is 18.1 Å². The summed E-state index contributed by atoms with van der Waals surface area (Å²) in [6.45, 7) is 31.7. The van der Waals surface area contributed by atoms with E-state index in [4.69, 9.17) is 22.8 Å². The van der Waals surface area contributed by atoms with Crippen LogP contribution in [0.15, 0.2) is 97.1 Å². The fraction of sp³-hybridized carbons (Fsp3) is 0.407. The van der Waals surface area contributed by atoms with Gasteiger partial charge in [-0.05, 0) is 110 Å². The zero-order chi connectivity index (χ0) is 44.3. The van der Waals surface area contributed by atoms with Gasteiger partial charge in [-0.25, -0.2) is 0 Å². The highest BCUT2D eigenvalue weighted by Crippen LogP contribution is 2.56. The first-order valence-electron chi connectivity index (χ1n) is 22.1. The molecule has 6 aromatic rings. The molecule has 0 spiro atoms. The molecule has 0 bridgehead atoms. The van der Waals surface area contributed by atoms with Crippen LogP contribution in [0.1, 0.15) is 137 Å². The molecule has 7 heteroatoms. The van der Waals surface area contributed by atoms with Gasteiger partial charge in [0, 0.05) is 38.6 Å². The number of fused-ring (bicyclic) bond motifs is 2. The van der Waals surface area contributed by atoms with Crippen LogP contribution < -0.4 is 22.8 Å². The molecule has 0 heterocycles. The highest BCUT2D eigenvalue weighted by atomic mass is 31.1. The molecule has 0 N–H and O–H groups in total. The number of benzene rings is 6. The monoisotopic (exact) mass is 858 g/mol. The Balaban J connectivity index is 1.65. The highest BCUT2D eigenvalue weighted by Gasteiger charge is 2.37. The van der Waals surface area contributed by atoms with Crippen molar-refractivity contribution in [2.45, 2.75) is 144 Å². The molecular formula is C54H68O5P2. The van der Waals surface area contributed by atoms with Crippen LogP contribution in [0.25, 0.3) is 32.7 Å². The zero-order valence-corrected chi connectivity index (χ0v) is 41.1. The lowest BCUT2D eigenvalue weighted by Gasteiger charge is -2.36. The van der Waals surface area contributed by atoms with E-state index in [1.165, 1.54) is 5.56 Å². The molecule has 2 unspecified atom stereocenters. The van der Waals surface area contributed by atoms with Crippen molar-refractivity contribution in [3.8, 4) is 39.9 Å². The van der Waals surface area contributed by atoms with E-state index in [9.17, 15) is 0 Å². The van der Waals surface area contributed by atoms with Gasteiger partial charge >= 0.3 is 0 Å². The summed E-state index contributed by atoms with van der Waals surface area (Å²) in [5.41, 5.74) is 6.61. The molecule has 61 heavy (non-hydrogen) atoms. The first-order valence-corrected chi connectivity index (χ1v) is 23.7. The van der Waals surface area contributed by atoms with E-state index in [1.807, 2.05) is 30.3 Å². The molecule has 0 saturated heterocycles. The van der Waals surface area contributed by atoms with Crippen molar-refractivity contribution >= 4 is 39.6 Å². The van der Waals surface area contributed by atoms with Gasteiger partial charge in [0.25, 0.3) is 18.1 Å². The maximum absolute atomic E-state index is 7.17. The molecular weight excluding hydrogens is 791 g/mol. The summed E-state index contributed by atoms with van der Waals surface area (Å²) >= 11 is 0. The van der Waals surface area contributed by atoms with Crippen LogP contribution in [0.3, 0.4) is 0 Å². The molecule has 0 aromatic heterocycles. The van der Waals surface area contributed by atoms with Gasteiger partial charge in [-0.15, -0.1) is 0 Å². The van der Waals surface area contributed by atoms with E-state index in [0.29, 0.717) is 0 Å². The van der Waals surface area contributed by atoms with Crippen LogP contribution in [-0.2, 0) is 16.2 Å². The second-order valence-electron chi connectivity index (χ2n) is 19.0. The van der Waals surface area contributed by atoms with Gasteiger partial charge in [0.1, 0.15) is 34.3 Å². The third kappa shape index (κ3) is 9.70. The number of ether oxygens (including phenoxy) is 1. The summed E-state index contributed by atoms with van der Waals surface area (Å²) in [5, 5.41) is 4.36. The lowest BCUT2D eigenvalue weighted by Crippen LogP contribution is -2.28. The molecule has 0 amide bonds. The van der Waals surface area contributed by atoms with Crippen LogP contribution in [0.2, 0.25) is 0 Å². The summed E-state index contributed by atoms with van der Waals surface area (Å²) < 4.78 is 34.6. The summed E-state index contributed by atoms with van der Waals surface area (Å²) in [6.07, 6.45) is 3.61. The molecule has 0 aliphatic carbocycles. The third-order valence-electron chi connectivity index (χ3n) is 13.4. The number of rotatable bonds is 18. The molecule has 0 aliphatic rings. The zero-order valence-electron chi connectivity index (χ0n) is 39.1. The average molecular weight is 859 g/mol. The summed E-state index contributed by atoms with van der Waals surface area (Å²) in [4.78, 5) is 0. The van der Waals surface area contributed by atoms with Gasteiger partial charge in [-0.2, -0.15) is 0 Å². The highest BCUT2D eigenvalue weighted by molar-refractivity contribution is 7.27. The predicted molar refractivity (Wildman–Crippen MR) is 263 cm³/mol. The van der Waals surface area contributed by atoms with Gasteiger partial charge < -0.3 is 22.8 Å². The number of hydrogen-bond acceptors (Lipinski definition) is 5.